The van der Waals surface area contributed by atoms with E-state index in [0.29, 0.717) is 12.1 Å². The van der Waals surface area contributed by atoms with Gasteiger partial charge in [-0.1, -0.05) is 6.07 Å². The highest BCUT2D eigenvalue weighted by Gasteiger charge is 2.07. The van der Waals surface area contributed by atoms with E-state index in [2.05, 4.69) is 5.32 Å². The third-order valence-corrected chi connectivity index (χ3v) is 2.06. The quantitative estimate of drug-likeness (QED) is 0.687. The zero-order chi connectivity index (χ0) is 11.4. The average Bonchev–Trinajstić information content (AvgIpc) is 2.18. The molecule has 4 nitrogen and oxygen atoms in total. The number of benzene rings is 1. The first-order chi connectivity index (χ1) is 7.00. The predicted molar refractivity (Wildman–Crippen MR) is 58.8 cm³/mol. The number of phenolic OH excluding ortho intramolecular Hbond substituents is 1. The molecule has 4 heteroatoms. The van der Waals surface area contributed by atoms with Gasteiger partial charge in [-0.05, 0) is 31.5 Å². The van der Waals surface area contributed by atoms with Crippen molar-refractivity contribution in [2.75, 3.05) is 6.54 Å². The smallest absolute Gasteiger partial charge is 0.251 e. The van der Waals surface area contributed by atoms with E-state index in [1.54, 1.807) is 19.1 Å². The van der Waals surface area contributed by atoms with Gasteiger partial charge in [-0.3, -0.25) is 4.79 Å². The van der Waals surface area contributed by atoms with E-state index in [4.69, 9.17) is 5.73 Å². The number of nitrogens with one attached hydrogen (secondary N) is 1. The molecule has 0 saturated carbocycles. The number of rotatable bonds is 3. The Labute approximate surface area is 89.1 Å². The Hall–Kier alpha value is -1.55. The van der Waals surface area contributed by atoms with Crippen LogP contribution >= 0.6 is 0 Å². The first kappa shape index (κ1) is 11.5. The van der Waals surface area contributed by atoms with Crippen molar-refractivity contribution in [2.45, 2.75) is 19.9 Å². The standard InChI is InChI=1S/C11H16N2O2/c1-7-3-4-9(5-10(7)14)11(15)13-6-8(2)12/h3-5,8,14H,6,12H2,1-2H3,(H,13,15). The summed E-state index contributed by atoms with van der Waals surface area (Å²) in [4.78, 5) is 11.5. The van der Waals surface area contributed by atoms with Gasteiger partial charge in [-0.2, -0.15) is 0 Å². The maximum atomic E-state index is 11.5. The van der Waals surface area contributed by atoms with Crippen LogP contribution in [-0.2, 0) is 0 Å². The molecule has 1 atom stereocenters. The van der Waals surface area contributed by atoms with E-state index in [-0.39, 0.29) is 17.7 Å². The monoisotopic (exact) mass is 208 g/mol. The maximum absolute atomic E-state index is 11.5. The molecule has 1 rings (SSSR count). The number of amides is 1. The minimum atomic E-state index is -0.220. The molecule has 0 aliphatic heterocycles. The molecule has 0 bridgehead atoms. The summed E-state index contributed by atoms with van der Waals surface area (Å²) in [6, 6.07) is 4.75. The minimum absolute atomic E-state index is 0.0759. The second-order valence-corrected chi connectivity index (χ2v) is 3.69. The van der Waals surface area contributed by atoms with Crippen LogP contribution in [0.2, 0.25) is 0 Å². The molecule has 15 heavy (non-hydrogen) atoms. The van der Waals surface area contributed by atoms with Crippen LogP contribution < -0.4 is 11.1 Å². The molecule has 0 fully saturated rings. The van der Waals surface area contributed by atoms with Crippen molar-refractivity contribution in [3.63, 3.8) is 0 Å². The molecule has 0 aromatic heterocycles. The molecule has 1 aromatic rings. The molecule has 0 spiro atoms. The van der Waals surface area contributed by atoms with E-state index in [9.17, 15) is 9.90 Å². The Morgan fingerprint density at radius 3 is 2.80 bits per heavy atom. The van der Waals surface area contributed by atoms with Crippen molar-refractivity contribution in [1.82, 2.24) is 5.32 Å². The van der Waals surface area contributed by atoms with E-state index in [1.165, 1.54) is 6.07 Å². The van der Waals surface area contributed by atoms with Gasteiger partial charge in [0.25, 0.3) is 5.91 Å². The molecule has 0 aliphatic carbocycles. The molecule has 4 N–H and O–H groups in total. The molecular formula is C11H16N2O2. The lowest BCUT2D eigenvalue weighted by Crippen LogP contribution is -2.35. The number of hydrogen-bond acceptors (Lipinski definition) is 3. The zero-order valence-corrected chi connectivity index (χ0v) is 8.95. The van der Waals surface area contributed by atoms with Crippen molar-refractivity contribution in [3.8, 4) is 5.75 Å². The fraction of sp³-hybridized carbons (Fsp3) is 0.364. The molecule has 1 unspecified atom stereocenters. The van der Waals surface area contributed by atoms with Crippen LogP contribution in [0, 0.1) is 6.92 Å². The second-order valence-electron chi connectivity index (χ2n) is 3.69. The Bertz CT molecular complexity index is 362. The minimum Gasteiger partial charge on any atom is -0.508 e. The van der Waals surface area contributed by atoms with Crippen molar-refractivity contribution >= 4 is 5.91 Å². The number of nitrogens with two attached hydrogens (primary N) is 1. The second kappa shape index (κ2) is 4.79. The summed E-state index contributed by atoms with van der Waals surface area (Å²) >= 11 is 0. The Balaban J connectivity index is 2.70. The van der Waals surface area contributed by atoms with Gasteiger partial charge in [-0.25, -0.2) is 0 Å². The zero-order valence-electron chi connectivity index (χ0n) is 8.95. The van der Waals surface area contributed by atoms with Crippen LogP contribution in [0.15, 0.2) is 18.2 Å². The third kappa shape index (κ3) is 3.25. The number of carbonyl (C=O) groups is 1. The van der Waals surface area contributed by atoms with Gasteiger partial charge in [0, 0.05) is 18.2 Å². The highest BCUT2D eigenvalue weighted by Crippen LogP contribution is 2.17. The van der Waals surface area contributed by atoms with Crippen molar-refractivity contribution < 1.29 is 9.90 Å². The summed E-state index contributed by atoms with van der Waals surface area (Å²) in [5.41, 5.74) is 6.70. The summed E-state index contributed by atoms with van der Waals surface area (Å²) in [6.45, 7) is 4.01. The Morgan fingerprint density at radius 1 is 1.60 bits per heavy atom. The highest BCUT2D eigenvalue weighted by atomic mass is 16.3. The van der Waals surface area contributed by atoms with Crippen LogP contribution in [0.5, 0.6) is 5.75 Å². The Morgan fingerprint density at radius 2 is 2.27 bits per heavy atom. The van der Waals surface area contributed by atoms with E-state index in [0.717, 1.165) is 5.56 Å². The molecule has 1 amide bonds. The summed E-state index contributed by atoms with van der Waals surface area (Å²) in [5, 5.41) is 12.1. The SMILES string of the molecule is Cc1ccc(C(=O)NCC(C)N)cc1O. The first-order valence-corrected chi connectivity index (χ1v) is 4.84. The summed E-state index contributed by atoms with van der Waals surface area (Å²) < 4.78 is 0. The van der Waals surface area contributed by atoms with Crippen LogP contribution in [0.4, 0.5) is 0 Å². The lowest BCUT2D eigenvalue weighted by molar-refractivity contribution is 0.0951. The van der Waals surface area contributed by atoms with Crippen LogP contribution in [-0.4, -0.2) is 23.6 Å². The molecular weight excluding hydrogens is 192 g/mol. The van der Waals surface area contributed by atoms with Gasteiger partial charge in [0.2, 0.25) is 0 Å². The maximum Gasteiger partial charge on any atom is 0.251 e. The Kier molecular flexibility index (Phi) is 3.68. The number of phenols is 1. The number of carbonyl (C=O) groups excluding carboxylic acids is 1. The number of aryl methyl sites for hydroxylation is 1. The lowest BCUT2D eigenvalue weighted by atomic mass is 10.1. The van der Waals surface area contributed by atoms with Crippen molar-refractivity contribution in [2.24, 2.45) is 5.73 Å². The van der Waals surface area contributed by atoms with Crippen molar-refractivity contribution in [1.29, 1.82) is 0 Å². The van der Waals surface area contributed by atoms with Crippen LogP contribution in [0.25, 0.3) is 0 Å². The normalized spacial score (nSPS) is 12.2. The van der Waals surface area contributed by atoms with Gasteiger partial charge in [0.05, 0.1) is 0 Å². The summed E-state index contributed by atoms with van der Waals surface area (Å²) in [6.07, 6.45) is 0. The van der Waals surface area contributed by atoms with Gasteiger partial charge in [0.1, 0.15) is 5.75 Å². The molecule has 0 saturated heterocycles. The number of hydrogen-bond donors (Lipinski definition) is 3. The molecule has 0 radical (unpaired) electrons. The summed E-state index contributed by atoms with van der Waals surface area (Å²) in [7, 11) is 0. The first-order valence-electron chi connectivity index (χ1n) is 4.84. The van der Waals surface area contributed by atoms with Gasteiger partial charge < -0.3 is 16.2 Å². The van der Waals surface area contributed by atoms with Gasteiger partial charge in [0.15, 0.2) is 0 Å². The van der Waals surface area contributed by atoms with Crippen LogP contribution in [0.3, 0.4) is 0 Å². The van der Waals surface area contributed by atoms with Crippen LogP contribution in [0.1, 0.15) is 22.8 Å². The van der Waals surface area contributed by atoms with E-state index >= 15 is 0 Å². The third-order valence-electron chi connectivity index (χ3n) is 2.06. The molecule has 0 aliphatic rings. The number of aromatic hydroxyl groups is 1. The fourth-order valence-electron chi connectivity index (χ4n) is 1.11. The molecule has 82 valence electrons. The largest absolute Gasteiger partial charge is 0.508 e. The molecule has 0 heterocycles. The lowest BCUT2D eigenvalue weighted by Gasteiger charge is -2.08. The van der Waals surface area contributed by atoms with E-state index < -0.39 is 0 Å². The average molecular weight is 208 g/mol. The predicted octanol–water partition coefficient (Wildman–Crippen LogP) is 0.778. The molecule has 1 aromatic carbocycles. The highest BCUT2D eigenvalue weighted by molar-refractivity contribution is 5.94. The van der Waals surface area contributed by atoms with Crippen molar-refractivity contribution in [3.05, 3.63) is 29.3 Å². The van der Waals surface area contributed by atoms with Gasteiger partial charge >= 0.3 is 0 Å². The fourth-order valence-corrected chi connectivity index (χ4v) is 1.11. The van der Waals surface area contributed by atoms with Gasteiger partial charge in [-0.15, -0.1) is 0 Å². The topological polar surface area (TPSA) is 75.4 Å². The summed E-state index contributed by atoms with van der Waals surface area (Å²) in [5.74, 6) is -0.0916. The van der Waals surface area contributed by atoms with E-state index in [1.807, 2.05) is 6.92 Å².